The van der Waals surface area contributed by atoms with E-state index in [2.05, 4.69) is 10.6 Å². The van der Waals surface area contributed by atoms with Crippen molar-refractivity contribution in [1.29, 1.82) is 5.26 Å². The average molecular weight is 466 g/mol. The molecule has 2 amide bonds. The van der Waals surface area contributed by atoms with E-state index in [1.165, 1.54) is 31.3 Å². The first-order valence-corrected chi connectivity index (χ1v) is 9.49. The molecule has 0 bridgehead atoms. The Kier molecular flexibility index (Phi) is 7.20. The van der Waals surface area contributed by atoms with Crippen LogP contribution in [-0.4, -0.2) is 29.5 Å². The average Bonchev–Trinajstić information content (AvgIpc) is 2.93. The van der Waals surface area contributed by atoms with Gasteiger partial charge in [-0.25, -0.2) is 4.39 Å². The highest BCUT2D eigenvalue weighted by atomic mass is 32.1. The molecule has 0 spiro atoms. The Bertz CT molecular complexity index is 1110. The van der Waals surface area contributed by atoms with Gasteiger partial charge in [0.15, 0.2) is 5.11 Å². The van der Waals surface area contributed by atoms with E-state index in [4.69, 9.17) is 17.5 Å². The number of nitrogens with one attached hydrogen (secondary N) is 2. The molecular weight excluding hydrogens is 448 g/mol. The van der Waals surface area contributed by atoms with Gasteiger partial charge in [0.25, 0.3) is 11.8 Å². The van der Waals surface area contributed by atoms with Crippen LogP contribution in [0, 0.1) is 17.1 Å². The number of alkyl halides is 3. The first-order valence-electron chi connectivity index (χ1n) is 9.08. The number of hydrogen-bond acceptors (Lipinski definition) is 4. The maximum Gasteiger partial charge on any atom is 0.417 e. The van der Waals surface area contributed by atoms with Crippen LogP contribution in [0.25, 0.3) is 0 Å². The highest BCUT2D eigenvalue weighted by Gasteiger charge is 2.43. The summed E-state index contributed by atoms with van der Waals surface area (Å²) in [7, 11) is 1.47. The lowest BCUT2D eigenvalue weighted by molar-refractivity contribution is -0.137. The molecule has 1 aliphatic heterocycles. The predicted molar refractivity (Wildman–Crippen MR) is 113 cm³/mol. The van der Waals surface area contributed by atoms with E-state index in [-0.39, 0.29) is 16.4 Å². The van der Waals surface area contributed by atoms with Gasteiger partial charge in [-0.1, -0.05) is 12.1 Å². The van der Waals surface area contributed by atoms with Crippen molar-refractivity contribution in [2.75, 3.05) is 11.9 Å². The van der Waals surface area contributed by atoms with Crippen LogP contribution in [0.2, 0.25) is 0 Å². The maximum absolute atomic E-state index is 12.9. The van der Waals surface area contributed by atoms with Crippen LogP contribution in [0.15, 0.2) is 42.5 Å². The molecule has 2 aromatic carbocycles. The Hall–Kier alpha value is -3.52. The second-order valence-corrected chi connectivity index (χ2v) is 7.48. The molecule has 0 saturated carbocycles. The zero-order chi connectivity index (χ0) is 24.3. The predicted octanol–water partition coefficient (Wildman–Crippen LogP) is 3.76. The summed E-state index contributed by atoms with van der Waals surface area (Å²) in [4.78, 5) is 24.1. The Morgan fingerprint density at radius 3 is 2.31 bits per heavy atom. The lowest BCUT2D eigenvalue weighted by Gasteiger charge is -2.18. The summed E-state index contributed by atoms with van der Waals surface area (Å²) in [6, 6.07) is 10.4. The highest BCUT2D eigenvalue weighted by molar-refractivity contribution is 7.80. The minimum Gasteiger partial charge on any atom is -0.355 e. The van der Waals surface area contributed by atoms with Gasteiger partial charge in [-0.15, -0.1) is 0 Å². The van der Waals surface area contributed by atoms with Crippen molar-refractivity contribution < 1.29 is 27.2 Å². The third-order valence-electron chi connectivity index (χ3n) is 4.39. The molecule has 2 N–H and O–H groups in total. The van der Waals surface area contributed by atoms with E-state index in [9.17, 15) is 27.2 Å². The number of halogens is 4. The molecule has 3 rings (SSSR count). The molecule has 2 aromatic rings. The number of benzene rings is 2. The number of nitrogens with zero attached hydrogens (tertiary/aromatic N) is 2. The summed E-state index contributed by atoms with van der Waals surface area (Å²) in [6.45, 7) is 3.16. The molecule has 168 valence electrons. The summed E-state index contributed by atoms with van der Waals surface area (Å²) in [5, 5.41) is 13.9. The molecule has 0 radical (unpaired) electrons. The summed E-state index contributed by atoms with van der Waals surface area (Å²) in [6.07, 6.45) is -4.69. The minimum atomic E-state index is -4.69. The summed E-state index contributed by atoms with van der Waals surface area (Å²) >= 11 is 4.99. The van der Waals surface area contributed by atoms with Crippen LogP contribution < -0.4 is 15.5 Å². The molecule has 1 saturated heterocycles. The third kappa shape index (κ3) is 5.20. The van der Waals surface area contributed by atoms with Gasteiger partial charge in [-0.05, 0) is 56.4 Å². The van der Waals surface area contributed by atoms with Crippen molar-refractivity contribution in [3.8, 4) is 6.07 Å². The summed E-state index contributed by atoms with van der Waals surface area (Å²) in [5.41, 5.74) is -2.52. The van der Waals surface area contributed by atoms with Crippen molar-refractivity contribution in [2.45, 2.75) is 25.6 Å². The molecular formula is C21H18F4N4O2S. The molecule has 1 fully saturated rings. The highest BCUT2D eigenvalue weighted by Crippen LogP contribution is 2.35. The largest absolute Gasteiger partial charge is 0.417 e. The van der Waals surface area contributed by atoms with Crippen molar-refractivity contribution >= 4 is 34.8 Å². The van der Waals surface area contributed by atoms with Crippen LogP contribution in [0.1, 0.15) is 35.3 Å². The summed E-state index contributed by atoms with van der Waals surface area (Å²) in [5.74, 6) is -1.35. The molecule has 0 aromatic heterocycles. The second-order valence-electron chi connectivity index (χ2n) is 7.09. The van der Waals surface area contributed by atoms with Crippen LogP contribution in [-0.2, 0) is 11.0 Å². The molecule has 6 nitrogen and oxygen atoms in total. The number of rotatable bonds is 2. The Morgan fingerprint density at radius 2 is 1.84 bits per heavy atom. The van der Waals surface area contributed by atoms with Gasteiger partial charge in [-0.2, -0.15) is 18.4 Å². The summed E-state index contributed by atoms with van der Waals surface area (Å²) < 4.78 is 51.6. The monoisotopic (exact) mass is 466 g/mol. The minimum absolute atomic E-state index is 0.0191. The van der Waals surface area contributed by atoms with Crippen molar-refractivity contribution in [2.24, 2.45) is 0 Å². The Labute approximate surface area is 186 Å². The quantitative estimate of drug-likeness (QED) is 0.520. The molecule has 1 aliphatic rings. The SMILES string of the molecule is CC1(C)NC(=S)N(c2ccc(C#N)c(C(F)(F)F)c2)C1=O.CNC(=O)c1ccccc1F. The third-order valence-corrected chi connectivity index (χ3v) is 4.68. The van der Waals surface area contributed by atoms with Crippen molar-refractivity contribution in [3.63, 3.8) is 0 Å². The van der Waals surface area contributed by atoms with E-state index in [1.54, 1.807) is 26.0 Å². The first kappa shape index (κ1) is 24.7. The number of hydrogen-bond donors (Lipinski definition) is 2. The lowest BCUT2D eigenvalue weighted by Crippen LogP contribution is -2.40. The van der Waals surface area contributed by atoms with Crippen LogP contribution in [0.4, 0.5) is 23.2 Å². The van der Waals surface area contributed by atoms with Crippen LogP contribution in [0.3, 0.4) is 0 Å². The van der Waals surface area contributed by atoms with Gasteiger partial charge >= 0.3 is 6.18 Å². The van der Waals surface area contributed by atoms with Gasteiger partial charge < -0.3 is 10.6 Å². The molecule has 11 heteroatoms. The maximum atomic E-state index is 12.9. The van der Waals surface area contributed by atoms with Gasteiger partial charge in [0, 0.05) is 7.05 Å². The Morgan fingerprint density at radius 1 is 1.22 bits per heavy atom. The fourth-order valence-corrected chi connectivity index (χ4v) is 3.21. The fourth-order valence-electron chi connectivity index (χ4n) is 2.77. The Balaban J connectivity index is 0.000000278. The molecule has 1 heterocycles. The molecule has 0 aliphatic carbocycles. The fraction of sp³-hybridized carbons (Fsp3) is 0.238. The zero-order valence-corrected chi connectivity index (χ0v) is 18.0. The second kappa shape index (κ2) is 9.32. The van der Waals surface area contributed by atoms with E-state index in [1.807, 2.05) is 0 Å². The van der Waals surface area contributed by atoms with E-state index in [0.29, 0.717) is 0 Å². The number of carbonyl (C=O) groups excluding carboxylic acids is 2. The molecule has 0 unspecified atom stereocenters. The first-order chi connectivity index (χ1) is 14.8. The van der Waals surface area contributed by atoms with Gasteiger partial charge in [0.1, 0.15) is 11.4 Å². The topological polar surface area (TPSA) is 85.2 Å². The number of thiocarbonyl (C=S) groups is 1. The zero-order valence-electron chi connectivity index (χ0n) is 17.2. The van der Waals surface area contributed by atoms with Gasteiger partial charge in [0.2, 0.25) is 0 Å². The number of amides is 2. The van der Waals surface area contributed by atoms with Crippen LogP contribution >= 0.6 is 12.2 Å². The number of anilines is 1. The standard InChI is InChI=1S/C13H10F3N3OS.C8H8FNO/c1-12(2)10(20)19(11(21)18-12)8-4-3-7(6-17)9(5-8)13(14,15)16;1-10-8(11)6-4-2-3-5-7(6)9/h3-5H,1-2H3,(H,18,21);2-5H,1H3,(H,10,11). The van der Waals surface area contributed by atoms with Crippen molar-refractivity contribution in [3.05, 3.63) is 65.0 Å². The van der Waals surface area contributed by atoms with E-state index >= 15 is 0 Å². The van der Waals surface area contributed by atoms with E-state index < -0.39 is 40.5 Å². The lowest BCUT2D eigenvalue weighted by atomic mass is 10.0. The molecule has 0 atom stereocenters. The van der Waals surface area contributed by atoms with Gasteiger partial charge in [0.05, 0.1) is 28.4 Å². The normalized spacial score (nSPS) is 14.8. The van der Waals surface area contributed by atoms with Crippen LogP contribution in [0.5, 0.6) is 0 Å². The van der Waals surface area contributed by atoms with Crippen molar-refractivity contribution in [1.82, 2.24) is 10.6 Å². The van der Waals surface area contributed by atoms with E-state index in [0.717, 1.165) is 17.0 Å². The molecule has 32 heavy (non-hydrogen) atoms. The number of carbonyl (C=O) groups is 2. The van der Waals surface area contributed by atoms with Gasteiger partial charge in [-0.3, -0.25) is 14.5 Å². The smallest absolute Gasteiger partial charge is 0.355 e. The number of nitriles is 1.